The van der Waals surface area contributed by atoms with Crippen molar-refractivity contribution in [2.45, 2.75) is 18.4 Å². The Morgan fingerprint density at radius 1 is 1.27 bits per heavy atom. The molecule has 2 aromatic rings. The average Bonchev–Trinajstić information content (AvgIpc) is 2.82. The Morgan fingerprint density at radius 2 is 2.00 bits per heavy atom. The van der Waals surface area contributed by atoms with E-state index in [9.17, 15) is 0 Å². The minimum atomic E-state index is 0.376. The molecular weight excluding hydrogens is 186 g/mol. The minimum absolute atomic E-state index is 0.376. The van der Waals surface area contributed by atoms with Gasteiger partial charge in [0.15, 0.2) is 0 Å². The highest BCUT2D eigenvalue weighted by Gasteiger charge is 2.34. The first-order valence-electron chi connectivity index (χ1n) is 5.20. The van der Waals surface area contributed by atoms with Crippen molar-refractivity contribution in [2.24, 2.45) is 5.73 Å². The Hall–Kier alpha value is -1.61. The largest absolute Gasteiger partial charge is 0.327 e. The zero-order valence-corrected chi connectivity index (χ0v) is 8.38. The van der Waals surface area contributed by atoms with Gasteiger partial charge in [-0.05, 0) is 30.2 Å². The topological polar surface area (TPSA) is 43.8 Å². The van der Waals surface area contributed by atoms with Crippen LogP contribution >= 0.6 is 0 Å². The van der Waals surface area contributed by atoms with Crippen LogP contribution in [-0.4, -0.2) is 15.8 Å². The van der Waals surface area contributed by atoms with Gasteiger partial charge in [0.05, 0.1) is 5.69 Å². The molecule has 1 saturated carbocycles. The third kappa shape index (κ3) is 1.55. The second-order valence-corrected chi connectivity index (χ2v) is 4.05. The van der Waals surface area contributed by atoms with Crippen molar-refractivity contribution in [1.29, 1.82) is 0 Å². The van der Waals surface area contributed by atoms with E-state index in [2.05, 4.69) is 29.4 Å². The molecule has 0 amide bonds. The molecule has 1 aliphatic carbocycles. The fourth-order valence-electron chi connectivity index (χ4n) is 1.89. The van der Waals surface area contributed by atoms with Crippen molar-refractivity contribution in [3.63, 3.8) is 0 Å². The van der Waals surface area contributed by atoms with E-state index in [0.29, 0.717) is 12.0 Å². The maximum atomic E-state index is 5.81. The summed E-state index contributed by atoms with van der Waals surface area (Å²) in [6.07, 6.45) is 4.85. The van der Waals surface area contributed by atoms with E-state index in [1.54, 1.807) is 6.20 Å². The van der Waals surface area contributed by atoms with Gasteiger partial charge in [-0.1, -0.05) is 12.1 Å². The van der Waals surface area contributed by atoms with Crippen LogP contribution < -0.4 is 5.73 Å². The quantitative estimate of drug-likeness (QED) is 0.799. The van der Waals surface area contributed by atoms with Gasteiger partial charge in [0.2, 0.25) is 0 Å². The van der Waals surface area contributed by atoms with Gasteiger partial charge >= 0.3 is 0 Å². The molecule has 0 aliphatic heterocycles. The van der Waals surface area contributed by atoms with Crippen LogP contribution in [0.25, 0.3) is 5.69 Å². The summed E-state index contributed by atoms with van der Waals surface area (Å²) in [6, 6.07) is 10.8. The standard InChI is InChI=1S/C12H13N3/c13-12-8-11(12)9-2-4-10(5-3-9)15-7-1-6-14-15/h1-7,11-12H,8,13H2/t11-,12+/m0/s1. The molecular formula is C12H13N3. The second-order valence-electron chi connectivity index (χ2n) is 4.05. The summed E-state index contributed by atoms with van der Waals surface area (Å²) in [5, 5.41) is 4.18. The maximum absolute atomic E-state index is 5.81. The van der Waals surface area contributed by atoms with Crippen LogP contribution in [0.5, 0.6) is 0 Å². The fraction of sp³-hybridized carbons (Fsp3) is 0.250. The Kier molecular flexibility index (Phi) is 1.86. The molecule has 2 N–H and O–H groups in total. The van der Waals surface area contributed by atoms with Gasteiger partial charge < -0.3 is 5.73 Å². The predicted octanol–water partition coefficient (Wildman–Crippen LogP) is 1.69. The average molecular weight is 199 g/mol. The third-order valence-corrected chi connectivity index (χ3v) is 2.93. The first-order chi connectivity index (χ1) is 7.34. The molecule has 1 heterocycles. The molecule has 1 aliphatic rings. The number of nitrogens with two attached hydrogens (primary N) is 1. The van der Waals surface area contributed by atoms with Crippen LogP contribution in [0.15, 0.2) is 42.7 Å². The molecule has 3 heteroatoms. The monoisotopic (exact) mass is 199 g/mol. The van der Waals surface area contributed by atoms with Gasteiger partial charge in [0, 0.05) is 24.4 Å². The Balaban J connectivity index is 1.88. The lowest BCUT2D eigenvalue weighted by atomic mass is 10.1. The molecule has 3 rings (SSSR count). The highest BCUT2D eigenvalue weighted by molar-refractivity contribution is 5.37. The summed E-state index contributed by atoms with van der Waals surface area (Å²) in [7, 11) is 0. The number of hydrogen-bond acceptors (Lipinski definition) is 2. The third-order valence-electron chi connectivity index (χ3n) is 2.93. The molecule has 2 atom stereocenters. The zero-order valence-electron chi connectivity index (χ0n) is 8.38. The van der Waals surface area contributed by atoms with Crippen molar-refractivity contribution < 1.29 is 0 Å². The molecule has 1 fully saturated rings. The highest BCUT2D eigenvalue weighted by Crippen LogP contribution is 2.38. The van der Waals surface area contributed by atoms with Crippen molar-refractivity contribution >= 4 is 0 Å². The van der Waals surface area contributed by atoms with Gasteiger partial charge in [0.25, 0.3) is 0 Å². The van der Waals surface area contributed by atoms with Crippen LogP contribution in [0.2, 0.25) is 0 Å². The summed E-state index contributed by atoms with van der Waals surface area (Å²) in [6.45, 7) is 0. The SMILES string of the molecule is N[C@@H]1C[C@H]1c1ccc(-n2cccn2)cc1. The molecule has 0 saturated heterocycles. The number of aromatic nitrogens is 2. The van der Waals surface area contributed by atoms with Crippen molar-refractivity contribution in [3.05, 3.63) is 48.3 Å². The summed E-state index contributed by atoms with van der Waals surface area (Å²) >= 11 is 0. The number of nitrogens with zero attached hydrogens (tertiary/aromatic N) is 2. The molecule has 1 aromatic heterocycles. The first kappa shape index (κ1) is 8.68. The second kappa shape index (κ2) is 3.21. The van der Waals surface area contributed by atoms with Gasteiger partial charge in [-0.3, -0.25) is 0 Å². The molecule has 3 nitrogen and oxygen atoms in total. The van der Waals surface area contributed by atoms with E-state index in [-0.39, 0.29) is 0 Å². The van der Waals surface area contributed by atoms with Crippen LogP contribution in [-0.2, 0) is 0 Å². The van der Waals surface area contributed by atoms with Gasteiger partial charge in [-0.2, -0.15) is 5.10 Å². The van der Waals surface area contributed by atoms with E-state index < -0.39 is 0 Å². The summed E-state index contributed by atoms with van der Waals surface area (Å²) in [5.74, 6) is 0.580. The number of benzene rings is 1. The molecule has 0 bridgehead atoms. The normalized spacial score (nSPS) is 24.1. The minimum Gasteiger partial charge on any atom is -0.327 e. The van der Waals surface area contributed by atoms with Crippen LogP contribution in [0.3, 0.4) is 0 Å². The molecule has 0 radical (unpaired) electrons. The van der Waals surface area contributed by atoms with Crippen LogP contribution in [0.4, 0.5) is 0 Å². The maximum Gasteiger partial charge on any atom is 0.0645 e. The molecule has 15 heavy (non-hydrogen) atoms. The van der Waals surface area contributed by atoms with Crippen molar-refractivity contribution in [1.82, 2.24) is 9.78 Å². The van der Waals surface area contributed by atoms with E-state index >= 15 is 0 Å². The van der Waals surface area contributed by atoms with Crippen LogP contribution in [0.1, 0.15) is 17.9 Å². The lowest BCUT2D eigenvalue weighted by Crippen LogP contribution is -2.01. The van der Waals surface area contributed by atoms with Gasteiger partial charge in [0.1, 0.15) is 0 Å². The van der Waals surface area contributed by atoms with E-state index in [0.717, 1.165) is 12.1 Å². The Bertz CT molecular complexity index is 444. The highest BCUT2D eigenvalue weighted by atomic mass is 15.3. The smallest absolute Gasteiger partial charge is 0.0645 e. The molecule has 0 unspecified atom stereocenters. The predicted molar refractivity (Wildman–Crippen MR) is 58.9 cm³/mol. The van der Waals surface area contributed by atoms with E-state index in [1.165, 1.54) is 5.56 Å². The van der Waals surface area contributed by atoms with Crippen LogP contribution in [0, 0.1) is 0 Å². The number of rotatable bonds is 2. The zero-order chi connectivity index (χ0) is 10.3. The van der Waals surface area contributed by atoms with Gasteiger partial charge in [-0.15, -0.1) is 0 Å². The van der Waals surface area contributed by atoms with Crippen molar-refractivity contribution in [2.75, 3.05) is 0 Å². The summed E-state index contributed by atoms with van der Waals surface area (Å²) in [4.78, 5) is 0. The first-order valence-corrected chi connectivity index (χ1v) is 5.20. The summed E-state index contributed by atoms with van der Waals surface area (Å²) < 4.78 is 1.86. The van der Waals surface area contributed by atoms with E-state index in [4.69, 9.17) is 5.73 Å². The fourth-order valence-corrected chi connectivity index (χ4v) is 1.89. The molecule has 1 aromatic carbocycles. The number of hydrogen-bond donors (Lipinski definition) is 1. The Labute approximate surface area is 88.5 Å². The molecule has 0 spiro atoms. The van der Waals surface area contributed by atoms with Crippen molar-refractivity contribution in [3.8, 4) is 5.69 Å². The summed E-state index contributed by atoms with van der Waals surface area (Å²) in [5.41, 5.74) is 8.25. The van der Waals surface area contributed by atoms with Gasteiger partial charge in [-0.25, -0.2) is 4.68 Å². The lowest BCUT2D eigenvalue weighted by molar-refractivity contribution is 0.878. The lowest BCUT2D eigenvalue weighted by Gasteiger charge is -2.03. The molecule has 76 valence electrons. The Morgan fingerprint density at radius 3 is 2.53 bits per heavy atom. The van der Waals surface area contributed by atoms with E-state index in [1.807, 2.05) is 16.9 Å².